The molecule has 0 aliphatic heterocycles. The van der Waals surface area contributed by atoms with E-state index in [9.17, 15) is 0 Å². The monoisotopic (exact) mass is 202 g/mol. The summed E-state index contributed by atoms with van der Waals surface area (Å²) in [6.07, 6.45) is 1.72. The van der Waals surface area contributed by atoms with E-state index < -0.39 is 7.12 Å². The zero-order valence-corrected chi connectivity index (χ0v) is 8.11. The number of aromatic nitrogens is 2. The van der Waals surface area contributed by atoms with E-state index in [1.165, 1.54) is 0 Å². The third-order valence-corrected chi connectivity index (χ3v) is 2.11. The average Bonchev–Trinajstić information content (AvgIpc) is 2.68. The lowest BCUT2D eigenvalue weighted by atomic mass is 9.87. The van der Waals surface area contributed by atoms with Crippen LogP contribution in [0.2, 0.25) is 0 Å². The predicted octanol–water partition coefficient (Wildman–Crippen LogP) is -0.389. The van der Waals surface area contributed by atoms with Crippen LogP contribution in [0.25, 0.3) is 0 Å². The summed E-state index contributed by atoms with van der Waals surface area (Å²) in [6, 6.07) is 11.5. The van der Waals surface area contributed by atoms with Gasteiger partial charge in [-0.1, -0.05) is 30.3 Å². The first-order valence-electron chi connectivity index (χ1n) is 4.69. The summed E-state index contributed by atoms with van der Waals surface area (Å²) < 4.78 is 1.67. The Bertz CT molecular complexity index is 428. The molecular weight excluding hydrogens is 191 g/mol. The van der Waals surface area contributed by atoms with Gasteiger partial charge in [0.2, 0.25) is 0 Å². The molecule has 1 heterocycles. The van der Waals surface area contributed by atoms with Crippen LogP contribution in [0.3, 0.4) is 0 Å². The van der Waals surface area contributed by atoms with Crippen LogP contribution in [-0.2, 0) is 6.54 Å². The molecule has 0 bridgehead atoms. The minimum absolute atomic E-state index is 0.269. The van der Waals surface area contributed by atoms with Gasteiger partial charge in [-0.3, -0.25) is 4.68 Å². The molecule has 0 radical (unpaired) electrons. The van der Waals surface area contributed by atoms with E-state index in [0.717, 1.165) is 5.56 Å². The van der Waals surface area contributed by atoms with Gasteiger partial charge in [0, 0.05) is 6.20 Å². The van der Waals surface area contributed by atoms with Gasteiger partial charge in [0.1, 0.15) is 0 Å². The Labute approximate surface area is 87.9 Å². The molecule has 2 N–H and O–H groups in total. The summed E-state index contributed by atoms with van der Waals surface area (Å²) in [7, 11) is -1.50. The van der Waals surface area contributed by atoms with Gasteiger partial charge < -0.3 is 10.0 Å². The smallest absolute Gasteiger partial charge is 0.422 e. The van der Waals surface area contributed by atoms with Gasteiger partial charge in [-0.15, -0.1) is 0 Å². The molecule has 0 aliphatic carbocycles. The van der Waals surface area contributed by atoms with E-state index in [1.807, 2.05) is 30.3 Å². The Balaban J connectivity index is 2.12. The van der Waals surface area contributed by atoms with Gasteiger partial charge in [0.15, 0.2) is 0 Å². The second kappa shape index (κ2) is 4.29. The van der Waals surface area contributed by atoms with Crippen molar-refractivity contribution in [1.82, 2.24) is 9.78 Å². The molecule has 2 rings (SSSR count). The number of rotatable bonds is 3. The van der Waals surface area contributed by atoms with Crippen molar-refractivity contribution in [3.8, 4) is 0 Å². The van der Waals surface area contributed by atoms with Gasteiger partial charge >= 0.3 is 7.12 Å². The average molecular weight is 202 g/mol. The molecule has 4 nitrogen and oxygen atoms in total. The van der Waals surface area contributed by atoms with Crippen LogP contribution in [-0.4, -0.2) is 26.9 Å². The van der Waals surface area contributed by atoms with E-state index in [0.29, 0.717) is 6.54 Å². The van der Waals surface area contributed by atoms with Gasteiger partial charge in [0.05, 0.1) is 12.1 Å². The Hall–Kier alpha value is -1.59. The zero-order valence-electron chi connectivity index (χ0n) is 8.11. The predicted molar refractivity (Wildman–Crippen MR) is 57.6 cm³/mol. The molecule has 0 atom stereocenters. The maximum Gasteiger partial charge on any atom is 0.510 e. The first kappa shape index (κ1) is 9.95. The quantitative estimate of drug-likeness (QED) is 0.666. The van der Waals surface area contributed by atoms with Crippen LogP contribution in [0.4, 0.5) is 0 Å². The highest BCUT2D eigenvalue weighted by atomic mass is 16.4. The van der Waals surface area contributed by atoms with Gasteiger partial charge in [-0.25, -0.2) is 0 Å². The Morgan fingerprint density at radius 3 is 2.47 bits per heavy atom. The molecular formula is C10H11BN2O2. The summed E-state index contributed by atoms with van der Waals surface area (Å²) in [6.45, 7) is 0.632. The fraction of sp³-hybridized carbons (Fsp3) is 0.100. The summed E-state index contributed by atoms with van der Waals surface area (Å²) in [4.78, 5) is 0. The molecule has 1 aromatic heterocycles. The molecule has 0 spiro atoms. The van der Waals surface area contributed by atoms with Crippen LogP contribution >= 0.6 is 0 Å². The van der Waals surface area contributed by atoms with E-state index in [1.54, 1.807) is 16.9 Å². The lowest BCUT2D eigenvalue weighted by molar-refractivity contribution is 0.423. The van der Waals surface area contributed by atoms with Crippen LogP contribution in [0.15, 0.2) is 42.6 Å². The summed E-state index contributed by atoms with van der Waals surface area (Å²) in [5.41, 5.74) is 1.39. The minimum atomic E-state index is -1.50. The van der Waals surface area contributed by atoms with Crippen LogP contribution in [0.1, 0.15) is 5.56 Å². The second-order valence-electron chi connectivity index (χ2n) is 3.30. The summed E-state index contributed by atoms with van der Waals surface area (Å²) >= 11 is 0. The highest BCUT2D eigenvalue weighted by molar-refractivity contribution is 6.57. The molecule has 15 heavy (non-hydrogen) atoms. The van der Waals surface area contributed by atoms with Crippen LogP contribution in [0.5, 0.6) is 0 Å². The number of nitrogens with zero attached hydrogens (tertiary/aromatic N) is 2. The molecule has 76 valence electrons. The first-order chi connectivity index (χ1) is 7.25. The van der Waals surface area contributed by atoms with Crippen molar-refractivity contribution in [3.05, 3.63) is 48.2 Å². The largest absolute Gasteiger partial charge is 0.510 e. The minimum Gasteiger partial charge on any atom is -0.422 e. The fourth-order valence-corrected chi connectivity index (χ4v) is 1.37. The second-order valence-corrected chi connectivity index (χ2v) is 3.30. The topological polar surface area (TPSA) is 58.3 Å². The van der Waals surface area contributed by atoms with E-state index >= 15 is 0 Å². The molecule has 5 heteroatoms. The highest BCUT2D eigenvalue weighted by Crippen LogP contribution is 2.00. The molecule has 0 unspecified atom stereocenters. The Kier molecular flexibility index (Phi) is 2.85. The third-order valence-electron chi connectivity index (χ3n) is 2.11. The Morgan fingerprint density at radius 2 is 1.87 bits per heavy atom. The van der Waals surface area contributed by atoms with E-state index in [2.05, 4.69) is 5.10 Å². The number of hydrogen-bond donors (Lipinski definition) is 2. The van der Waals surface area contributed by atoms with Gasteiger partial charge in [0.25, 0.3) is 0 Å². The van der Waals surface area contributed by atoms with Crippen molar-refractivity contribution >= 4 is 12.7 Å². The zero-order chi connectivity index (χ0) is 10.7. The summed E-state index contributed by atoms with van der Waals surface area (Å²) in [5.74, 6) is 0. The SMILES string of the molecule is OB(O)c1ccn(Cc2ccccc2)n1. The number of hydrogen-bond acceptors (Lipinski definition) is 3. The molecule has 2 aromatic rings. The standard InChI is InChI=1S/C10H11BN2O2/c14-11(15)10-6-7-13(12-10)8-9-4-2-1-3-5-9/h1-7,14-15H,8H2. The van der Waals surface area contributed by atoms with Crippen molar-refractivity contribution in [2.75, 3.05) is 0 Å². The first-order valence-corrected chi connectivity index (χ1v) is 4.69. The van der Waals surface area contributed by atoms with Crippen LogP contribution < -0.4 is 5.59 Å². The van der Waals surface area contributed by atoms with Crippen molar-refractivity contribution in [2.24, 2.45) is 0 Å². The van der Waals surface area contributed by atoms with Crippen molar-refractivity contribution in [2.45, 2.75) is 6.54 Å². The summed E-state index contributed by atoms with van der Waals surface area (Å²) in [5, 5.41) is 21.8. The number of benzene rings is 1. The molecule has 1 aromatic carbocycles. The lowest BCUT2D eigenvalue weighted by Crippen LogP contribution is -2.31. The van der Waals surface area contributed by atoms with E-state index in [-0.39, 0.29) is 5.59 Å². The highest BCUT2D eigenvalue weighted by Gasteiger charge is 2.13. The maximum absolute atomic E-state index is 8.88. The van der Waals surface area contributed by atoms with Crippen molar-refractivity contribution in [3.63, 3.8) is 0 Å². The van der Waals surface area contributed by atoms with Crippen molar-refractivity contribution < 1.29 is 10.0 Å². The van der Waals surface area contributed by atoms with Crippen LogP contribution in [0, 0.1) is 0 Å². The molecule has 0 amide bonds. The van der Waals surface area contributed by atoms with Gasteiger partial charge in [-0.2, -0.15) is 5.10 Å². The molecule has 0 fully saturated rings. The van der Waals surface area contributed by atoms with E-state index in [4.69, 9.17) is 10.0 Å². The Morgan fingerprint density at radius 1 is 1.13 bits per heavy atom. The van der Waals surface area contributed by atoms with Crippen molar-refractivity contribution in [1.29, 1.82) is 0 Å². The molecule has 0 saturated heterocycles. The third kappa shape index (κ3) is 2.46. The fourth-order valence-electron chi connectivity index (χ4n) is 1.37. The normalized spacial score (nSPS) is 10.3. The lowest BCUT2D eigenvalue weighted by Gasteiger charge is -2.00. The van der Waals surface area contributed by atoms with Gasteiger partial charge in [-0.05, 0) is 11.6 Å². The molecule has 0 aliphatic rings. The maximum atomic E-state index is 8.88. The molecule has 0 saturated carbocycles.